The summed E-state index contributed by atoms with van der Waals surface area (Å²) in [6.45, 7) is 3.94. The lowest BCUT2D eigenvalue weighted by Gasteiger charge is -2.28. The molecule has 0 amide bonds. The second-order valence-corrected chi connectivity index (χ2v) is 8.70. The molecule has 0 bridgehead atoms. The maximum Gasteiger partial charge on any atom is 0.260 e. The summed E-state index contributed by atoms with van der Waals surface area (Å²) in [6, 6.07) is 5.82. The third kappa shape index (κ3) is 3.65. The largest absolute Gasteiger partial charge is 0.393 e. The zero-order chi connectivity index (χ0) is 21.5. The number of aliphatic hydroxyl groups is 1. The van der Waals surface area contributed by atoms with Crippen molar-refractivity contribution in [3.8, 4) is 11.1 Å². The molecule has 8 heteroatoms. The number of hydrogen-bond acceptors (Lipinski definition) is 7. The minimum atomic E-state index is -0.301. The van der Waals surface area contributed by atoms with Gasteiger partial charge in [0.2, 0.25) is 5.95 Å². The second kappa shape index (κ2) is 7.92. The first-order valence-electron chi connectivity index (χ1n) is 11.1. The zero-order valence-corrected chi connectivity index (χ0v) is 17.8. The maximum atomic E-state index is 13.7. The Bertz CT molecular complexity index is 1160. The van der Waals surface area contributed by atoms with Crippen LogP contribution < -0.4 is 16.2 Å². The van der Waals surface area contributed by atoms with Crippen molar-refractivity contribution in [2.24, 2.45) is 0 Å². The van der Waals surface area contributed by atoms with Crippen molar-refractivity contribution in [1.29, 1.82) is 0 Å². The predicted octanol–water partition coefficient (Wildman–Crippen LogP) is 2.82. The molecule has 0 spiro atoms. The number of fused-ring (bicyclic) bond motifs is 1. The fourth-order valence-electron chi connectivity index (χ4n) is 4.91. The van der Waals surface area contributed by atoms with Crippen LogP contribution in [0.3, 0.4) is 0 Å². The van der Waals surface area contributed by atoms with E-state index in [1.54, 1.807) is 10.8 Å². The Labute approximate surface area is 180 Å². The van der Waals surface area contributed by atoms with Gasteiger partial charge in [0.15, 0.2) is 0 Å². The van der Waals surface area contributed by atoms with Crippen LogP contribution in [0.2, 0.25) is 0 Å². The summed E-state index contributed by atoms with van der Waals surface area (Å²) in [6.07, 6.45) is 6.69. The highest BCUT2D eigenvalue weighted by molar-refractivity contribution is 5.84. The number of aryl methyl sites for hydroxylation is 1. The lowest BCUT2D eigenvalue weighted by molar-refractivity contribution is 0.111. The van der Waals surface area contributed by atoms with Gasteiger partial charge >= 0.3 is 0 Å². The number of aromatic nitrogens is 4. The molecule has 5 rings (SSSR count). The highest BCUT2D eigenvalue weighted by Crippen LogP contribution is 2.32. The van der Waals surface area contributed by atoms with Crippen molar-refractivity contribution < 1.29 is 5.11 Å². The van der Waals surface area contributed by atoms with E-state index >= 15 is 0 Å². The van der Waals surface area contributed by atoms with Crippen LogP contribution in [0.1, 0.15) is 50.3 Å². The van der Waals surface area contributed by atoms with Crippen molar-refractivity contribution in [3.63, 3.8) is 0 Å². The van der Waals surface area contributed by atoms with Crippen molar-refractivity contribution >= 4 is 22.8 Å². The molecule has 3 aromatic rings. The van der Waals surface area contributed by atoms with Gasteiger partial charge < -0.3 is 15.7 Å². The Morgan fingerprint density at radius 3 is 2.52 bits per heavy atom. The Morgan fingerprint density at radius 2 is 1.84 bits per heavy atom. The Morgan fingerprint density at radius 1 is 1.10 bits per heavy atom. The Balaban J connectivity index is 1.65. The number of nitrogens with zero attached hydrogens (tertiary/aromatic N) is 5. The van der Waals surface area contributed by atoms with Crippen molar-refractivity contribution in [3.05, 3.63) is 40.4 Å². The third-order valence-electron chi connectivity index (χ3n) is 6.62. The van der Waals surface area contributed by atoms with Crippen LogP contribution >= 0.6 is 0 Å². The molecule has 1 saturated heterocycles. The number of aliphatic hydroxyl groups excluding tert-OH is 1. The van der Waals surface area contributed by atoms with E-state index in [0.29, 0.717) is 24.1 Å². The lowest BCUT2D eigenvalue weighted by Crippen LogP contribution is -2.31. The predicted molar refractivity (Wildman–Crippen MR) is 121 cm³/mol. The van der Waals surface area contributed by atoms with Gasteiger partial charge in [0, 0.05) is 41.8 Å². The standard InChI is InChI=1S/C23H28N6O2/c1-14-18-12-19(15-4-9-20(25-13-15)28-10-2-3-11-28)22(31)29(21(18)27-23(24)26-14)16-5-7-17(30)8-6-16/h4,9,12-13,16-17,30H,2-3,5-8,10-11H2,1H3,(H2,24,26,27)/t16-,17-. The van der Waals surface area contributed by atoms with Gasteiger partial charge in [-0.15, -0.1) is 0 Å². The molecule has 1 saturated carbocycles. The molecule has 0 radical (unpaired) electrons. The number of nitrogens with two attached hydrogens (primary N) is 1. The van der Waals surface area contributed by atoms with Crippen molar-refractivity contribution in [2.45, 2.75) is 57.6 Å². The van der Waals surface area contributed by atoms with E-state index < -0.39 is 0 Å². The maximum absolute atomic E-state index is 13.7. The van der Waals surface area contributed by atoms with E-state index in [1.807, 2.05) is 25.1 Å². The molecular formula is C23H28N6O2. The number of pyridine rings is 2. The number of nitrogen functional groups attached to an aromatic ring is 1. The molecule has 31 heavy (non-hydrogen) atoms. The van der Waals surface area contributed by atoms with Gasteiger partial charge in [-0.3, -0.25) is 9.36 Å². The molecule has 0 aromatic carbocycles. The summed E-state index contributed by atoms with van der Waals surface area (Å²) in [5.41, 5.74) is 8.53. The van der Waals surface area contributed by atoms with Crippen LogP contribution in [0, 0.1) is 6.92 Å². The topological polar surface area (TPSA) is 110 Å². The minimum absolute atomic E-state index is 0.0242. The average molecular weight is 421 g/mol. The molecule has 8 nitrogen and oxygen atoms in total. The summed E-state index contributed by atoms with van der Waals surface area (Å²) in [5, 5.41) is 10.8. The first-order valence-corrected chi connectivity index (χ1v) is 11.1. The first-order chi connectivity index (χ1) is 15.0. The summed E-state index contributed by atoms with van der Waals surface area (Å²) >= 11 is 0. The molecule has 1 aliphatic heterocycles. The molecule has 162 valence electrons. The molecule has 2 fully saturated rings. The summed E-state index contributed by atoms with van der Waals surface area (Å²) in [5.74, 6) is 1.12. The van der Waals surface area contributed by atoms with Crippen LogP contribution in [-0.2, 0) is 0 Å². The Kier molecular flexibility index (Phi) is 5.09. The van der Waals surface area contributed by atoms with Crippen molar-refractivity contribution in [1.82, 2.24) is 19.5 Å². The van der Waals surface area contributed by atoms with E-state index in [0.717, 1.165) is 48.4 Å². The Hall–Kier alpha value is -3.00. The molecule has 0 atom stereocenters. The highest BCUT2D eigenvalue weighted by atomic mass is 16.3. The minimum Gasteiger partial charge on any atom is -0.393 e. The van der Waals surface area contributed by atoms with E-state index in [4.69, 9.17) is 5.73 Å². The van der Waals surface area contributed by atoms with Crippen LogP contribution in [0.4, 0.5) is 11.8 Å². The van der Waals surface area contributed by atoms with E-state index in [9.17, 15) is 9.90 Å². The van der Waals surface area contributed by atoms with Gasteiger partial charge in [0.05, 0.1) is 11.8 Å². The summed E-state index contributed by atoms with van der Waals surface area (Å²) in [4.78, 5) is 29.4. The van der Waals surface area contributed by atoms with E-state index in [2.05, 4.69) is 19.9 Å². The van der Waals surface area contributed by atoms with Gasteiger partial charge in [0.25, 0.3) is 5.56 Å². The number of rotatable bonds is 3. The molecule has 4 heterocycles. The average Bonchev–Trinajstić information content (AvgIpc) is 3.29. The summed E-state index contributed by atoms with van der Waals surface area (Å²) in [7, 11) is 0. The summed E-state index contributed by atoms with van der Waals surface area (Å²) < 4.78 is 1.77. The van der Waals surface area contributed by atoms with Crippen molar-refractivity contribution in [2.75, 3.05) is 23.7 Å². The van der Waals surface area contributed by atoms with Crippen LogP contribution in [0.15, 0.2) is 29.2 Å². The smallest absolute Gasteiger partial charge is 0.260 e. The molecular weight excluding hydrogens is 392 g/mol. The van der Waals surface area contributed by atoms with Crippen LogP contribution in [0.25, 0.3) is 22.2 Å². The quantitative estimate of drug-likeness (QED) is 0.670. The molecule has 3 aromatic heterocycles. The van der Waals surface area contributed by atoms with Gasteiger partial charge in [-0.2, -0.15) is 4.98 Å². The van der Waals surface area contributed by atoms with E-state index in [1.165, 1.54) is 12.8 Å². The van der Waals surface area contributed by atoms with Gasteiger partial charge in [0.1, 0.15) is 11.5 Å². The SMILES string of the molecule is Cc1nc(N)nc2c1cc(-c1ccc(N3CCCC3)nc1)c(=O)n2[C@H]1CC[C@H](O)CC1. The molecule has 2 aliphatic rings. The lowest BCUT2D eigenvalue weighted by atomic mass is 9.92. The van der Waals surface area contributed by atoms with Gasteiger partial charge in [-0.1, -0.05) is 0 Å². The normalized spacial score (nSPS) is 21.7. The first kappa shape index (κ1) is 19.9. The van der Waals surface area contributed by atoms with Crippen LogP contribution in [0.5, 0.6) is 0 Å². The van der Waals surface area contributed by atoms with Gasteiger partial charge in [-0.25, -0.2) is 9.97 Å². The third-order valence-corrected chi connectivity index (χ3v) is 6.62. The number of hydrogen-bond donors (Lipinski definition) is 2. The monoisotopic (exact) mass is 420 g/mol. The highest BCUT2D eigenvalue weighted by Gasteiger charge is 2.26. The fraction of sp³-hybridized carbons (Fsp3) is 0.478. The van der Waals surface area contributed by atoms with Gasteiger partial charge in [-0.05, 0) is 63.6 Å². The molecule has 0 unspecified atom stereocenters. The molecule has 3 N–H and O–H groups in total. The molecule has 1 aliphatic carbocycles. The number of anilines is 2. The zero-order valence-electron chi connectivity index (χ0n) is 17.8. The second-order valence-electron chi connectivity index (χ2n) is 8.70. The van der Waals surface area contributed by atoms with Crippen LogP contribution in [-0.4, -0.2) is 43.8 Å². The fourth-order valence-corrected chi connectivity index (χ4v) is 4.91. The van der Waals surface area contributed by atoms with E-state index in [-0.39, 0.29) is 23.7 Å².